The quantitative estimate of drug-likeness (QED) is 0.715. The summed E-state index contributed by atoms with van der Waals surface area (Å²) in [7, 11) is 0. The van der Waals surface area contributed by atoms with Crippen LogP contribution < -0.4 is 4.90 Å². The van der Waals surface area contributed by atoms with E-state index in [0.29, 0.717) is 18.0 Å². The number of amides is 1. The highest BCUT2D eigenvalue weighted by molar-refractivity contribution is 7.15. The molecule has 2 heterocycles. The van der Waals surface area contributed by atoms with Crippen molar-refractivity contribution in [2.75, 3.05) is 4.90 Å². The maximum Gasteiger partial charge on any atom is 0.348 e. The number of carbonyl (C=O) groups excluding carboxylic acids is 1. The van der Waals surface area contributed by atoms with E-state index in [1.54, 1.807) is 0 Å². The Morgan fingerprint density at radius 3 is 2.52 bits per heavy atom. The zero-order chi connectivity index (χ0) is 19.6. The standard InChI is InChI=1S/C22H29NO3S/c1-22(2,3)13-12-16-14-18(20(27-16)21(25)26)23-17(10-7-11-19(23)24)15-8-5-4-6-9-15/h14-15,17H,4-11H2,1-3H3,(H,25,26)/t17-/m0/s1. The Labute approximate surface area is 166 Å². The number of aromatic carboxylic acids is 1. The normalized spacial score (nSPS) is 21.7. The topological polar surface area (TPSA) is 57.6 Å². The number of carbonyl (C=O) groups is 2. The number of carboxylic acids is 1. The first-order chi connectivity index (χ1) is 12.8. The molecule has 5 heteroatoms. The van der Waals surface area contributed by atoms with Crippen molar-refractivity contribution in [3.8, 4) is 11.8 Å². The van der Waals surface area contributed by atoms with Crippen LogP contribution >= 0.6 is 11.3 Å². The molecule has 1 atom stereocenters. The SMILES string of the molecule is CC(C)(C)C#Cc1cc(N2C(=O)CCC[C@H]2C2CCCCC2)c(C(=O)O)s1. The van der Waals surface area contributed by atoms with Crippen molar-refractivity contribution in [3.05, 3.63) is 15.8 Å². The van der Waals surface area contributed by atoms with E-state index < -0.39 is 5.97 Å². The van der Waals surface area contributed by atoms with Crippen LogP contribution in [0.3, 0.4) is 0 Å². The lowest BCUT2D eigenvalue weighted by Gasteiger charge is -2.41. The number of piperidine rings is 1. The number of anilines is 1. The molecular weight excluding hydrogens is 358 g/mol. The molecule has 0 aromatic carbocycles. The van der Waals surface area contributed by atoms with E-state index in [4.69, 9.17) is 0 Å². The van der Waals surface area contributed by atoms with Gasteiger partial charge in [-0.2, -0.15) is 0 Å². The van der Waals surface area contributed by atoms with Crippen molar-refractivity contribution >= 4 is 28.9 Å². The third-order valence-electron chi connectivity index (χ3n) is 5.41. The molecule has 0 radical (unpaired) electrons. The molecule has 1 aromatic heterocycles. The molecule has 2 aliphatic rings. The number of hydrogen-bond donors (Lipinski definition) is 1. The summed E-state index contributed by atoms with van der Waals surface area (Å²) in [6, 6.07) is 1.95. The second-order valence-corrected chi connectivity index (χ2v) is 9.80. The van der Waals surface area contributed by atoms with Gasteiger partial charge in [0.1, 0.15) is 4.88 Å². The van der Waals surface area contributed by atoms with Crippen molar-refractivity contribution in [1.82, 2.24) is 0 Å². The van der Waals surface area contributed by atoms with Crippen molar-refractivity contribution < 1.29 is 14.7 Å². The maximum absolute atomic E-state index is 12.9. The number of hydrogen-bond acceptors (Lipinski definition) is 3. The van der Waals surface area contributed by atoms with Gasteiger partial charge in [-0.1, -0.05) is 31.1 Å². The molecule has 0 unspecified atom stereocenters. The lowest BCUT2D eigenvalue weighted by Crippen LogP contribution is -2.48. The highest BCUT2D eigenvalue weighted by Gasteiger charge is 2.37. The monoisotopic (exact) mass is 387 g/mol. The predicted molar refractivity (Wildman–Crippen MR) is 109 cm³/mol. The van der Waals surface area contributed by atoms with Crippen LogP contribution in [0.1, 0.15) is 86.7 Å². The molecule has 0 spiro atoms. The molecule has 1 saturated carbocycles. The molecule has 2 fully saturated rings. The van der Waals surface area contributed by atoms with Gasteiger partial charge in [-0.05, 0) is 58.4 Å². The highest BCUT2D eigenvalue weighted by Crippen LogP contribution is 2.40. The molecule has 4 nitrogen and oxygen atoms in total. The lowest BCUT2D eigenvalue weighted by atomic mass is 9.79. The molecular formula is C22H29NO3S. The number of nitrogens with zero attached hydrogens (tertiary/aromatic N) is 1. The van der Waals surface area contributed by atoms with Gasteiger partial charge in [-0.15, -0.1) is 11.3 Å². The number of rotatable bonds is 3. The van der Waals surface area contributed by atoms with Gasteiger partial charge in [0.05, 0.1) is 10.6 Å². The van der Waals surface area contributed by atoms with Crippen LogP contribution in [0.15, 0.2) is 6.07 Å². The van der Waals surface area contributed by atoms with Gasteiger partial charge in [-0.25, -0.2) is 4.79 Å². The average Bonchev–Trinajstić information content (AvgIpc) is 3.04. The first-order valence-electron chi connectivity index (χ1n) is 9.98. The summed E-state index contributed by atoms with van der Waals surface area (Å²) >= 11 is 1.19. The highest BCUT2D eigenvalue weighted by atomic mass is 32.1. The minimum atomic E-state index is -0.973. The van der Waals surface area contributed by atoms with Crippen molar-refractivity contribution in [2.45, 2.75) is 78.2 Å². The van der Waals surface area contributed by atoms with Crippen molar-refractivity contribution in [2.24, 2.45) is 11.3 Å². The molecule has 1 aliphatic carbocycles. The van der Waals surface area contributed by atoms with E-state index in [0.717, 1.165) is 30.6 Å². The molecule has 0 bridgehead atoms. The Morgan fingerprint density at radius 2 is 1.89 bits per heavy atom. The van der Waals surface area contributed by atoms with Crippen LogP contribution in [-0.2, 0) is 4.79 Å². The number of carboxylic acid groups (broad SMARTS) is 1. The van der Waals surface area contributed by atoms with Gasteiger partial charge in [0.15, 0.2) is 0 Å². The van der Waals surface area contributed by atoms with Gasteiger partial charge in [0.25, 0.3) is 0 Å². The molecule has 146 valence electrons. The fraction of sp³-hybridized carbons (Fsp3) is 0.636. The Hall–Kier alpha value is -1.80. The minimum absolute atomic E-state index is 0.0625. The third-order valence-corrected chi connectivity index (χ3v) is 6.44. The summed E-state index contributed by atoms with van der Waals surface area (Å²) in [5.74, 6) is 5.86. The molecule has 1 saturated heterocycles. The van der Waals surface area contributed by atoms with E-state index >= 15 is 0 Å². The molecule has 1 aliphatic heterocycles. The van der Waals surface area contributed by atoms with E-state index in [1.165, 1.54) is 30.6 Å². The molecule has 27 heavy (non-hydrogen) atoms. The van der Waals surface area contributed by atoms with Gasteiger partial charge >= 0.3 is 5.97 Å². The Kier molecular flexibility index (Phi) is 5.95. The van der Waals surface area contributed by atoms with Gasteiger partial charge in [0.2, 0.25) is 5.91 Å². The van der Waals surface area contributed by atoms with Crippen LogP contribution in [-0.4, -0.2) is 23.0 Å². The first-order valence-corrected chi connectivity index (χ1v) is 10.8. The fourth-order valence-electron chi connectivity index (χ4n) is 4.20. The summed E-state index contributed by atoms with van der Waals surface area (Å²) in [6.07, 6.45) is 8.33. The van der Waals surface area contributed by atoms with Crippen LogP contribution in [0.5, 0.6) is 0 Å². The third kappa shape index (κ3) is 4.73. The molecule has 3 rings (SSSR count). The zero-order valence-corrected chi connectivity index (χ0v) is 17.3. The summed E-state index contributed by atoms with van der Waals surface area (Å²) in [4.78, 5) is 27.5. The van der Waals surface area contributed by atoms with Crippen LogP contribution in [0, 0.1) is 23.2 Å². The Bertz CT molecular complexity index is 772. The summed E-state index contributed by atoms with van der Waals surface area (Å²) < 4.78 is 0. The second-order valence-electron chi connectivity index (χ2n) is 8.75. The predicted octanol–water partition coefficient (Wildman–Crippen LogP) is 5.31. The van der Waals surface area contributed by atoms with Gasteiger partial charge < -0.3 is 10.0 Å². The number of thiophene rings is 1. The average molecular weight is 388 g/mol. The summed E-state index contributed by atoms with van der Waals surface area (Å²) in [5, 5.41) is 9.74. The Balaban J connectivity index is 1.99. The molecule has 1 N–H and O–H groups in total. The lowest BCUT2D eigenvalue weighted by molar-refractivity contribution is -0.120. The van der Waals surface area contributed by atoms with E-state index in [2.05, 4.69) is 11.8 Å². The first kappa shape index (κ1) is 19.9. The smallest absolute Gasteiger partial charge is 0.348 e. The van der Waals surface area contributed by atoms with Gasteiger partial charge in [-0.3, -0.25) is 4.79 Å². The van der Waals surface area contributed by atoms with E-state index in [9.17, 15) is 14.7 Å². The molecule has 1 amide bonds. The van der Waals surface area contributed by atoms with Crippen molar-refractivity contribution in [3.63, 3.8) is 0 Å². The zero-order valence-electron chi connectivity index (χ0n) is 16.5. The minimum Gasteiger partial charge on any atom is -0.477 e. The summed E-state index contributed by atoms with van der Waals surface area (Å²) in [6.45, 7) is 6.08. The maximum atomic E-state index is 12.9. The second kappa shape index (κ2) is 8.06. The van der Waals surface area contributed by atoms with E-state index in [-0.39, 0.29) is 22.2 Å². The summed E-state index contributed by atoms with van der Waals surface area (Å²) in [5.41, 5.74) is 0.407. The van der Waals surface area contributed by atoms with Gasteiger partial charge in [0, 0.05) is 17.9 Å². The van der Waals surface area contributed by atoms with Crippen LogP contribution in [0.2, 0.25) is 0 Å². The van der Waals surface area contributed by atoms with Crippen LogP contribution in [0.25, 0.3) is 0 Å². The Morgan fingerprint density at radius 1 is 1.19 bits per heavy atom. The largest absolute Gasteiger partial charge is 0.477 e. The fourth-order valence-corrected chi connectivity index (χ4v) is 5.04. The molecule has 1 aromatic rings. The van der Waals surface area contributed by atoms with Crippen LogP contribution in [0.4, 0.5) is 5.69 Å². The van der Waals surface area contributed by atoms with Crippen molar-refractivity contribution in [1.29, 1.82) is 0 Å². The van der Waals surface area contributed by atoms with E-state index in [1.807, 2.05) is 31.7 Å².